The summed E-state index contributed by atoms with van der Waals surface area (Å²) in [4.78, 5) is 0. The van der Waals surface area contributed by atoms with Crippen molar-refractivity contribution in [2.24, 2.45) is 11.3 Å². The number of fused-ring (bicyclic) bond motifs is 1. The fraction of sp³-hybridized carbons (Fsp3) is 0.739. The summed E-state index contributed by atoms with van der Waals surface area (Å²) in [6, 6.07) is 7.33. The number of benzene rings is 1. The Morgan fingerprint density at radius 1 is 1.12 bits per heavy atom. The molecule has 1 fully saturated rings. The molecule has 0 aromatic heterocycles. The number of hydrogen-bond donors (Lipinski definition) is 1. The quantitative estimate of drug-likeness (QED) is 0.606. The van der Waals surface area contributed by atoms with Crippen molar-refractivity contribution in [3.05, 3.63) is 34.9 Å². The normalized spacial score (nSPS) is 29.6. The van der Waals surface area contributed by atoms with Gasteiger partial charge in [0, 0.05) is 6.61 Å². The van der Waals surface area contributed by atoms with Crippen LogP contribution in [0.5, 0.6) is 0 Å². The first-order valence-corrected chi connectivity index (χ1v) is 10.4. The topological polar surface area (TPSA) is 20.2 Å². The van der Waals surface area contributed by atoms with Crippen LogP contribution >= 0.6 is 0 Å². The van der Waals surface area contributed by atoms with Crippen LogP contribution in [0.2, 0.25) is 0 Å². The van der Waals surface area contributed by atoms with Gasteiger partial charge in [0.1, 0.15) is 0 Å². The molecule has 0 aliphatic heterocycles. The number of rotatable bonds is 7. The highest BCUT2D eigenvalue weighted by Crippen LogP contribution is 2.46. The lowest BCUT2D eigenvalue weighted by Gasteiger charge is -2.26. The van der Waals surface area contributed by atoms with Gasteiger partial charge in [-0.1, -0.05) is 64.2 Å². The Hall–Kier alpha value is -0.820. The number of aryl methyl sites for hydroxylation is 1. The zero-order valence-corrected chi connectivity index (χ0v) is 15.8. The highest BCUT2D eigenvalue weighted by atomic mass is 16.3. The van der Waals surface area contributed by atoms with Crippen molar-refractivity contribution < 1.29 is 5.11 Å². The lowest BCUT2D eigenvalue weighted by atomic mass is 9.79. The van der Waals surface area contributed by atoms with E-state index in [1.807, 2.05) is 0 Å². The average Bonchev–Trinajstić information content (AvgIpc) is 3.01. The van der Waals surface area contributed by atoms with Crippen LogP contribution in [-0.2, 0) is 12.8 Å². The third-order valence-corrected chi connectivity index (χ3v) is 6.72. The second-order valence-electron chi connectivity index (χ2n) is 8.89. The van der Waals surface area contributed by atoms with E-state index < -0.39 is 0 Å². The monoisotopic (exact) mass is 328 g/mol. The van der Waals surface area contributed by atoms with Crippen LogP contribution in [0.25, 0.3) is 0 Å². The van der Waals surface area contributed by atoms with Gasteiger partial charge in [0.05, 0.1) is 0 Å². The van der Waals surface area contributed by atoms with Crippen molar-refractivity contribution in [1.82, 2.24) is 0 Å². The SMILES string of the molecule is CCCCCC[C@@H]1CCc2cc([C@H]3CC[C@](C)(CO)C3)ccc2C1. The van der Waals surface area contributed by atoms with Crippen LogP contribution in [0.1, 0.15) is 94.2 Å². The highest BCUT2D eigenvalue weighted by Gasteiger charge is 2.35. The highest BCUT2D eigenvalue weighted by molar-refractivity contribution is 5.36. The molecule has 1 saturated carbocycles. The Morgan fingerprint density at radius 2 is 2.00 bits per heavy atom. The van der Waals surface area contributed by atoms with E-state index in [4.69, 9.17) is 0 Å². The maximum absolute atomic E-state index is 9.62. The lowest BCUT2D eigenvalue weighted by molar-refractivity contribution is 0.147. The zero-order chi connectivity index (χ0) is 17.0. The Bertz CT molecular complexity index is 535. The molecule has 2 aliphatic rings. The van der Waals surface area contributed by atoms with E-state index in [1.165, 1.54) is 69.8 Å². The van der Waals surface area contributed by atoms with Gasteiger partial charge in [-0.05, 0) is 72.5 Å². The molecule has 1 heteroatoms. The molecule has 0 spiro atoms. The summed E-state index contributed by atoms with van der Waals surface area (Å²) in [5.41, 5.74) is 4.93. The van der Waals surface area contributed by atoms with Gasteiger partial charge in [-0.2, -0.15) is 0 Å². The van der Waals surface area contributed by atoms with Gasteiger partial charge < -0.3 is 5.11 Å². The molecule has 1 aromatic carbocycles. The van der Waals surface area contributed by atoms with E-state index >= 15 is 0 Å². The third-order valence-electron chi connectivity index (χ3n) is 6.72. The number of aliphatic hydroxyl groups excluding tert-OH is 1. The molecule has 0 heterocycles. The van der Waals surface area contributed by atoms with Crippen LogP contribution in [0.3, 0.4) is 0 Å². The predicted molar refractivity (Wildman–Crippen MR) is 103 cm³/mol. The minimum atomic E-state index is 0.157. The van der Waals surface area contributed by atoms with E-state index in [0.717, 1.165) is 12.3 Å². The molecule has 0 radical (unpaired) electrons. The standard InChI is InChI=1S/C23H36O/c1-3-4-5-6-7-18-8-9-20-15-21(11-10-19(20)14-18)22-12-13-23(2,16-22)17-24/h10-11,15,18,22,24H,3-9,12-14,16-17H2,1-2H3/t18-,22+,23+/m1/s1. The average molecular weight is 329 g/mol. The Morgan fingerprint density at radius 3 is 2.75 bits per heavy atom. The minimum Gasteiger partial charge on any atom is -0.396 e. The molecule has 3 rings (SSSR count). The van der Waals surface area contributed by atoms with Gasteiger partial charge in [0.25, 0.3) is 0 Å². The molecule has 0 saturated heterocycles. The van der Waals surface area contributed by atoms with Gasteiger partial charge in [0.15, 0.2) is 0 Å². The van der Waals surface area contributed by atoms with Gasteiger partial charge >= 0.3 is 0 Å². The van der Waals surface area contributed by atoms with Crippen molar-refractivity contribution in [3.63, 3.8) is 0 Å². The van der Waals surface area contributed by atoms with Gasteiger partial charge in [-0.15, -0.1) is 0 Å². The van der Waals surface area contributed by atoms with Crippen molar-refractivity contribution in [2.45, 2.75) is 90.4 Å². The molecule has 3 atom stereocenters. The third kappa shape index (κ3) is 4.23. The Kier molecular flexibility index (Phi) is 6.02. The summed E-state index contributed by atoms with van der Waals surface area (Å²) < 4.78 is 0. The molecular weight excluding hydrogens is 292 g/mol. The van der Waals surface area contributed by atoms with Crippen molar-refractivity contribution >= 4 is 0 Å². The first kappa shape index (κ1) is 18.0. The van der Waals surface area contributed by atoms with Crippen molar-refractivity contribution in [2.75, 3.05) is 6.61 Å². The van der Waals surface area contributed by atoms with Crippen LogP contribution in [0.15, 0.2) is 18.2 Å². The first-order chi connectivity index (χ1) is 11.6. The number of hydrogen-bond acceptors (Lipinski definition) is 1. The smallest absolute Gasteiger partial charge is 0.0484 e. The predicted octanol–water partition coefficient (Wildman–Crippen LogP) is 6.03. The van der Waals surface area contributed by atoms with Crippen molar-refractivity contribution in [1.29, 1.82) is 0 Å². The Balaban J connectivity index is 1.58. The second-order valence-corrected chi connectivity index (χ2v) is 8.89. The van der Waals surface area contributed by atoms with Gasteiger partial charge in [-0.25, -0.2) is 0 Å². The maximum Gasteiger partial charge on any atom is 0.0484 e. The fourth-order valence-electron chi connectivity index (χ4n) is 4.96. The minimum absolute atomic E-state index is 0.157. The molecule has 24 heavy (non-hydrogen) atoms. The molecule has 2 aliphatic carbocycles. The second kappa shape index (κ2) is 8.04. The number of aliphatic hydroxyl groups is 1. The zero-order valence-electron chi connectivity index (χ0n) is 15.8. The lowest BCUT2D eigenvalue weighted by Crippen LogP contribution is -2.17. The summed E-state index contributed by atoms with van der Waals surface area (Å²) in [6.45, 7) is 4.88. The van der Waals surface area contributed by atoms with E-state index in [1.54, 1.807) is 11.1 Å². The molecule has 1 N–H and O–H groups in total. The van der Waals surface area contributed by atoms with Crippen LogP contribution in [0.4, 0.5) is 0 Å². The Labute approximate surface area is 148 Å². The molecule has 0 unspecified atom stereocenters. The van der Waals surface area contributed by atoms with E-state index in [2.05, 4.69) is 32.0 Å². The summed E-state index contributed by atoms with van der Waals surface area (Å²) in [7, 11) is 0. The maximum atomic E-state index is 9.62. The molecule has 0 amide bonds. The first-order valence-electron chi connectivity index (χ1n) is 10.4. The molecule has 1 aromatic rings. The molecule has 134 valence electrons. The fourth-order valence-corrected chi connectivity index (χ4v) is 4.96. The van der Waals surface area contributed by atoms with Gasteiger partial charge in [0.2, 0.25) is 0 Å². The van der Waals surface area contributed by atoms with E-state index in [9.17, 15) is 5.11 Å². The molecule has 0 bridgehead atoms. The molecular formula is C23H36O. The molecule has 1 nitrogen and oxygen atoms in total. The largest absolute Gasteiger partial charge is 0.396 e. The summed E-state index contributed by atoms with van der Waals surface area (Å²) >= 11 is 0. The van der Waals surface area contributed by atoms with Crippen LogP contribution in [-0.4, -0.2) is 11.7 Å². The summed E-state index contributed by atoms with van der Waals surface area (Å²) in [5, 5.41) is 9.62. The number of unbranched alkanes of at least 4 members (excludes halogenated alkanes) is 3. The van der Waals surface area contributed by atoms with Crippen LogP contribution < -0.4 is 0 Å². The van der Waals surface area contributed by atoms with Crippen molar-refractivity contribution in [3.8, 4) is 0 Å². The van der Waals surface area contributed by atoms with E-state index in [-0.39, 0.29) is 5.41 Å². The van der Waals surface area contributed by atoms with Gasteiger partial charge in [-0.3, -0.25) is 0 Å². The summed E-state index contributed by atoms with van der Waals surface area (Å²) in [6.07, 6.45) is 14.6. The summed E-state index contributed by atoms with van der Waals surface area (Å²) in [5.74, 6) is 1.59. The van der Waals surface area contributed by atoms with E-state index in [0.29, 0.717) is 12.5 Å². The van der Waals surface area contributed by atoms with Crippen LogP contribution in [0, 0.1) is 11.3 Å².